The molecule has 0 aliphatic carbocycles. The van der Waals surface area contributed by atoms with Crippen molar-refractivity contribution in [2.24, 2.45) is 5.10 Å². The molecule has 1 aliphatic rings. The Kier molecular flexibility index (Phi) is 15.3. The summed E-state index contributed by atoms with van der Waals surface area (Å²) < 4.78 is 5.57. The number of anilines is 2. The van der Waals surface area contributed by atoms with Crippen molar-refractivity contribution in [3.63, 3.8) is 0 Å². The van der Waals surface area contributed by atoms with Gasteiger partial charge in [0, 0.05) is 79.2 Å². The van der Waals surface area contributed by atoms with Crippen LogP contribution < -0.4 is 21.0 Å². The number of carbonyl (C=O) groups is 3. The molecular weight excluding hydrogens is 654 g/mol. The summed E-state index contributed by atoms with van der Waals surface area (Å²) in [7, 11) is 0. The summed E-state index contributed by atoms with van der Waals surface area (Å²) >= 11 is 0. The first-order chi connectivity index (χ1) is 25.3. The predicted octanol–water partition coefficient (Wildman–Crippen LogP) is 6.74. The van der Waals surface area contributed by atoms with E-state index < -0.39 is 0 Å². The maximum Gasteiger partial charge on any atom is 0.251 e. The first kappa shape index (κ1) is 39.2. The Morgan fingerprint density at radius 3 is 2.40 bits per heavy atom. The van der Waals surface area contributed by atoms with Gasteiger partial charge in [-0.05, 0) is 99.9 Å². The molecule has 0 saturated carbocycles. The van der Waals surface area contributed by atoms with Crippen LogP contribution in [0.2, 0.25) is 0 Å². The number of carbonyl (C=O) groups excluding carboxylic acids is 3. The number of pyridine rings is 1. The molecule has 0 atom stereocenters. The zero-order valence-corrected chi connectivity index (χ0v) is 30.6. The number of hydrogen-bond acceptors (Lipinski definition) is 9. The number of nitrogens with one attached hydrogen (secondary N) is 3. The highest BCUT2D eigenvalue weighted by Gasteiger charge is 2.20. The van der Waals surface area contributed by atoms with E-state index in [1.165, 1.54) is 0 Å². The molecule has 11 nitrogen and oxygen atoms in total. The van der Waals surface area contributed by atoms with Crippen molar-refractivity contribution in [2.45, 2.75) is 78.9 Å². The molecular formula is C41H49N7O4. The summed E-state index contributed by atoms with van der Waals surface area (Å²) in [5.74, 6) is 0.112. The molecule has 2 heterocycles. The maximum atomic E-state index is 13.5. The Bertz CT molecular complexity index is 1840. The van der Waals surface area contributed by atoms with Gasteiger partial charge >= 0.3 is 0 Å². The lowest BCUT2D eigenvalue weighted by molar-refractivity contribution is -0.105. The Morgan fingerprint density at radius 1 is 1.04 bits per heavy atom. The molecule has 2 aromatic carbocycles. The van der Waals surface area contributed by atoms with Crippen LogP contribution in [0, 0.1) is 11.3 Å². The quantitative estimate of drug-likeness (QED) is 0.0606. The van der Waals surface area contributed by atoms with Gasteiger partial charge in [-0.1, -0.05) is 37.3 Å². The summed E-state index contributed by atoms with van der Waals surface area (Å²) in [5, 5.41) is 25.6. The standard InChI is InChI=1S/C41H49N7O4/c1-5-29(28-49)12-9-10-13-31-22-30(16-17-34(31)25-42)26-43-40(50)32-14-11-15-33(23-32)41(51)44-27-36-37(6-2)47-39(48(8-4)45-7-3)24-38(36)46-35-18-20-52-21-19-35/h5,7,10-11,13-17,22-24,28,35H,6,8-9,12,18-21,26-27H2,1-4H3,(H,43,50)(H,44,51)(H,46,47)/b13-10+,29-5+,45-7-. The number of aldehydes is 1. The average Bonchev–Trinajstić information content (AvgIpc) is 3.18. The van der Waals surface area contributed by atoms with Crippen molar-refractivity contribution in [3.8, 4) is 6.07 Å². The second-order valence-electron chi connectivity index (χ2n) is 12.3. The monoisotopic (exact) mass is 703 g/mol. The highest BCUT2D eigenvalue weighted by molar-refractivity contribution is 5.99. The van der Waals surface area contributed by atoms with Crippen molar-refractivity contribution in [1.29, 1.82) is 5.26 Å². The van der Waals surface area contributed by atoms with E-state index in [9.17, 15) is 19.6 Å². The summed E-state index contributed by atoms with van der Waals surface area (Å²) in [6.07, 6.45) is 11.9. The number of nitrogens with zero attached hydrogens (tertiary/aromatic N) is 4. The van der Waals surface area contributed by atoms with E-state index in [-0.39, 0.29) is 30.9 Å². The molecule has 3 aromatic rings. The van der Waals surface area contributed by atoms with Crippen LogP contribution in [-0.2, 0) is 29.0 Å². The molecule has 1 saturated heterocycles. The smallest absolute Gasteiger partial charge is 0.251 e. The van der Waals surface area contributed by atoms with Crippen LogP contribution in [0.15, 0.2) is 71.4 Å². The van der Waals surface area contributed by atoms with E-state index in [0.717, 1.165) is 58.6 Å². The Morgan fingerprint density at radius 2 is 1.77 bits per heavy atom. The zero-order valence-electron chi connectivity index (χ0n) is 30.6. The Hall–Kier alpha value is -5.60. The molecule has 1 fully saturated rings. The normalized spacial score (nSPS) is 13.6. The topological polar surface area (TPSA) is 149 Å². The van der Waals surface area contributed by atoms with Gasteiger partial charge in [-0.2, -0.15) is 10.4 Å². The minimum atomic E-state index is -0.324. The number of benzene rings is 2. The van der Waals surface area contributed by atoms with Crippen LogP contribution in [0.1, 0.15) is 102 Å². The summed E-state index contributed by atoms with van der Waals surface area (Å²) in [6.45, 7) is 10.3. The third kappa shape index (κ3) is 10.9. The largest absolute Gasteiger partial charge is 0.382 e. The number of amides is 2. The number of aromatic nitrogens is 1. The fourth-order valence-electron chi connectivity index (χ4n) is 5.91. The number of ether oxygens (including phenoxy) is 1. The van der Waals surface area contributed by atoms with Gasteiger partial charge in [0.05, 0.1) is 11.6 Å². The van der Waals surface area contributed by atoms with E-state index in [1.54, 1.807) is 48.7 Å². The highest BCUT2D eigenvalue weighted by Crippen LogP contribution is 2.28. The van der Waals surface area contributed by atoms with Crippen LogP contribution in [0.3, 0.4) is 0 Å². The number of rotatable bonds is 17. The number of hydrogen-bond donors (Lipinski definition) is 3. The lowest BCUT2D eigenvalue weighted by Gasteiger charge is -2.27. The molecule has 4 rings (SSSR count). The number of allylic oxidation sites excluding steroid dienone is 3. The lowest BCUT2D eigenvalue weighted by Crippen LogP contribution is -2.30. The van der Waals surface area contributed by atoms with Gasteiger partial charge < -0.3 is 20.7 Å². The molecule has 52 heavy (non-hydrogen) atoms. The first-order valence-corrected chi connectivity index (χ1v) is 17.9. The Labute approximate surface area is 306 Å². The summed E-state index contributed by atoms with van der Waals surface area (Å²) in [6, 6.07) is 16.5. The zero-order chi connectivity index (χ0) is 37.3. The molecule has 0 bridgehead atoms. The van der Waals surface area contributed by atoms with E-state index in [2.05, 4.69) is 27.1 Å². The van der Waals surface area contributed by atoms with Crippen LogP contribution in [-0.4, -0.2) is 55.1 Å². The third-order valence-electron chi connectivity index (χ3n) is 8.85. The Balaban J connectivity index is 1.45. The second-order valence-corrected chi connectivity index (χ2v) is 12.3. The lowest BCUT2D eigenvalue weighted by atomic mass is 10.0. The third-order valence-corrected chi connectivity index (χ3v) is 8.85. The van der Waals surface area contributed by atoms with Gasteiger partial charge in [0.25, 0.3) is 11.8 Å². The molecule has 272 valence electrons. The van der Waals surface area contributed by atoms with Gasteiger partial charge in [0.1, 0.15) is 6.29 Å². The fourth-order valence-corrected chi connectivity index (χ4v) is 5.91. The molecule has 11 heteroatoms. The van der Waals surface area contributed by atoms with Crippen molar-refractivity contribution in [3.05, 3.63) is 105 Å². The second kappa shape index (κ2) is 20.3. The molecule has 0 radical (unpaired) electrons. The molecule has 1 aliphatic heterocycles. The van der Waals surface area contributed by atoms with Gasteiger partial charge in [-0.3, -0.25) is 14.4 Å². The minimum Gasteiger partial charge on any atom is -0.382 e. The van der Waals surface area contributed by atoms with E-state index in [0.29, 0.717) is 55.7 Å². The van der Waals surface area contributed by atoms with E-state index in [1.807, 2.05) is 57.0 Å². The van der Waals surface area contributed by atoms with Gasteiger partial charge in [0.15, 0.2) is 5.82 Å². The van der Waals surface area contributed by atoms with Crippen LogP contribution >= 0.6 is 0 Å². The number of nitriles is 1. The van der Waals surface area contributed by atoms with Crippen molar-refractivity contribution in [2.75, 3.05) is 30.1 Å². The van der Waals surface area contributed by atoms with Crippen molar-refractivity contribution < 1.29 is 19.1 Å². The molecule has 3 N–H and O–H groups in total. The SMILES string of the molecule is C/C=N\N(CC)c1cc(NC2CCOCC2)c(CNC(=O)c2cccc(C(=O)NCc3ccc(C#N)c(/C=C/CC/C(C=O)=C\C)c3)c2)c(CC)n1. The van der Waals surface area contributed by atoms with Gasteiger partial charge in [0.2, 0.25) is 0 Å². The number of aryl methyl sites for hydroxylation is 1. The van der Waals surface area contributed by atoms with Crippen LogP contribution in [0.25, 0.3) is 6.08 Å². The summed E-state index contributed by atoms with van der Waals surface area (Å²) in [4.78, 5) is 42.7. The maximum absolute atomic E-state index is 13.5. The minimum absolute atomic E-state index is 0.236. The fraction of sp³-hybridized carbons (Fsp3) is 0.366. The van der Waals surface area contributed by atoms with E-state index in [4.69, 9.17) is 9.72 Å². The van der Waals surface area contributed by atoms with Crippen molar-refractivity contribution in [1.82, 2.24) is 15.6 Å². The average molecular weight is 704 g/mol. The number of hydrazone groups is 1. The van der Waals surface area contributed by atoms with Crippen molar-refractivity contribution >= 4 is 41.9 Å². The highest BCUT2D eigenvalue weighted by atomic mass is 16.5. The molecule has 2 amide bonds. The van der Waals surface area contributed by atoms with E-state index >= 15 is 0 Å². The molecule has 0 unspecified atom stereocenters. The van der Waals surface area contributed by atoms with Crippen LogP contribution in [0.5, 0.6) is 0 Å². The van der Waals surface area contributed by atoms with Crippen LogP contribution in [0.4, 0.5) is 11.5 Å². The molecule has 1 aromatic heterocycles. The van der Waals surface area contributed by atoms with Gasteiger partial charge in [-0.25, -0.2) is 9.99 Å². The summed E-state index contributed by atoms with van der Waals surface area (Å²) in [5.41, 5.74) is 6.22. The van der Waals surface area contributed by atoms with Gasteiger partial charge in [-0.15, -0.1) is 0 Å². The first-order valence-electron chi connectivity index (χ1n) is 17.9. The molecule has 0 spiro atoms. The predicted molar refractivity (Wildman–Crippen MR) is 206 cm³/mol.